The van der Waals surface area contributed by atoms with Crippen LogP contribution in [0, 0.1) is 13.8 Å². The number of rotatable bonds is 5. The number of hydrogen-bond donors (Lipinski definition) is 2. The van der Waals surface area contributed by atoms with E-state index >= 15 is 0 Å². The van der Waals surface area contributed by atoms with Gasteiger partial charge in [-0.2, -0.15) is 0 Å². The minimum Gasteiger partial charge on any atom is -0.507 e. The van der Waals surface area contributed by atoms with Crippen LogP contribution in [-0.4, -0.2) is 21.6 Å². The van der Waals surface area contributed by atoms with Gasteiger partial charge in [0.15, 0.2) is 5.13 Å². The van der Waals surface area contributed by atoms with Crippen LogP contribution in [0.15, 0.2) is 24.5 Å². The number of aryl methyl sites for hydroxylation is 1. The van der Waals surface area contributed by atoms with Crippen LogP contribution >= 0.6 is 11.3 Å². The third kappa shape index (κ3) is 3.01. The van der Waals surface area contributed by atoms with Crippen molar-refractivity contribution in [3.05, 3.63) is 46.8 Å². The van der Waals surface area contributed by atoms with Gasteiger partial charge >= 0.3 is 0 Å². The van der Waals surface area contributed by atoms with E-state index in [0.29, 0.717) is 5.75 Å². The van der Waals surface area contributed by atoms with Gasteiger partial charge in [0.25, 0.3) is 0 Å². The first kappa shape index (κ1) is 15.7. The average Bonchev–Trinajstić information content (AvgIpc) is 3.00. The van der Waals surface area contributed by atoms with Gasteiger partial charge in [0.05, 0.1) is 10.2 Å². The Kier molecular flexibility index (Phi) is 4.48. The molecule has 0 amide bonds. The summed E-state index contributed by atoms with van der Waals surface area (Å²) in [5.41, 5.74) is 5.01. The van der Waals surface area contributed by atoms with Crippen LogP contribution in [0.2, 0.25) is 0 Å². The maximum Gasteiger partial charge on any atom is 0.183 e. The lowest BCUT2D eigenvalue weighted by Crippen LogP contribution is -1.99. The summed E-state index contributed by atoms with van der Waals surface area (Å²) in [7, 11) is 0. The normalized spacial score (nSPS) is 11.1. The number of nitrogens with one attached hydrogen (secondary N) is 1. The molecule has 0 radical (unpaired) electrons. The molecule has 0 unspecified atom stereocenters. The molecule has 0 spiro atoms. The van der Waals surface area contributed by atoms with E-state index in [1.165, 1.54) is 0 Å². The van der Waals surface area contributed by atoms with Crippen molar-refractivity contribution < 1.29 is 5.11 Å². The van der Waals surface area contributed by atoms with Crippen LogP contribution in [0.25, 0.3) is 10.2 Å². The van der Waals surface area contributed by atoms with E-state index in [1.54, 1.807) is 17.5 Å². The van der Waals surface area contributed by atoms with Crippen molar-refractivity contribution in [2.24, 2.45) is 0 Å². The highest BCUT2D eigenvalue weighted by atomic mass is 32.1. The van der Waals surface area contributed by atoms with E-state index in [9.17, 15) is 5.11 Å². The standard InChI is InChI=1S/C18H21N3OS/c1-4-7-20-18-21-15-14(9-13-6-5-8-19-10-13)11(2)16(22)12(3)17(15)23-18/h5-6,8,10,22H,4,7,9H2,1-3H3,(H,20,21). The molecule has 3 rings (SSSR count). The van der Waals surface area contributed by atoms with Crippen molar-refractivity contribution >= 4 is 26.7 Å². The summed E-state index contributed by atoms with van der Waals surface area (Å²) >= 11 is 1.61. The van der Waals surface area contributed by atoms with Crippen LogP contribution in [0.3, 0.4) is 0 Å². The molecule has 2 aromatic heterocycles. The Balaban J connectivity index is 2.13. The number of fused-ring (bicyclic) bond motifs is 1. The first-order valence-corrected chi connectivity index (χ1v) is 8.67. The van der Waals surface area contributed by atoms with Crippen molar-refractivity contribution in [2.45, 2.75) is 33.6 Å². The molecule has 3 aromatic rings. The lowest BCUT2D eigenvalue weighted by atomic mass is 9.97. The molecule has 0 aliphatic heterocycles. The number of anilines is 1. The Morgan fingerprint density at radius 2 is 2.09 bits per heavy atom. The third-order valence-electron chi connectivity index (χ3n) is 4.05. The molecule has 0 aliphatic carbocycles. The predicted octanol–water partition coefficient (Wildman–Crippen LogP) is 4.43. The van der Waals surface area contributed by atoms with Gasteiger partial charge in [0.1, 0.15) is 5.75 Å². The molecule has 5 heteroatoms. The van der Waals surface area contributed by atoms with Gasteiger partial charge < -0.3 is 10.4 Å². The third-order valence-corrected chi connectivity index (χ3v) is 5.18. The van der Waals surface area contributed by atoms with Crippen LogP contribution in [-0.2, 0) is 6.42 Å². The van der Waals surface area contributed by atoms with Crippen molar-refractivity contribution in [2.75, 3.05) is 11.9 Å². The zero-order valence-corrected chi connectivity index (χ0v) is 14.5. The predicted molar refractivity (Wildman–Crippen MR) is 96.6 cm³/mol. The van der Waals surface area contributed by atoms with Gasteiger partial charge in [-0.25, -0.2) is 4.98 Å². The molecule has 2 N–H and O–H groups in total. The van der Waals surface area contributed by atoms with E-state index in [-0.39, 0.29) is 0 Å². The van der Waals surface area contributed by atoms with Crippen molar-refractivity contribution in [3.63, 3.8) is 0 Å². The Morgan fingerprint density at radius 3 is 2.78 bits per heavy atom. The molecule has 1 aromatic carbocycles. The Morgan fingerprint density at radius 1 is 1.26 bits per heavy atom. The highest BCUT2D eigenvalue weighted by Crippen LogP contribution is 2.39. The number of aromatic nitrogens is 2. The van der Waals surface area contributed by atoms with Gasteiger partial charge in [0, 0.05) is 30.9 Å². The Labute approximate surface area is 140 Å². The molecule has 0 aliphatic rings. The first-order chi connectivity index (χ1) is 11.1. The summed E-state index contributed by atoms with van der Waals surface area (Å²) in [4.78, 5) is 8.97. The highest BCUT2D eigenvalue weighted by Gasteiger charge is 2.18. The number of benzene rings is 1. The zero-order chi connectivity index (χ0) is 16.4. The lowest BCUT2D eigenvalue weighted by Gasteiger charge is -2.11. The topological polar surface area (TPSA) is 58.0 Å². The first-order valence-electron chi connectivity index (χ1n) is 7.86. The van der Waals surface area contributed by atoms with Gasteiger partial charge in [-0.1, -0.05) is 24.3 Å². The van der Waals surface area contributed by atoms with Gasteiger partial charge in [0.2, 0.25) is 0 Å². The van der Waals surface area contributed by atoms with E-state index < -0.39 is 0 Å². The zero-order valence-electron chi connectivity index (χ0n) is 13.7. The second-order valence-corrected chi connectivity index (χ2v) is 6.74. The Hall–Kier alpha value is -2.14. The molecule has 23 heavy (non-hydrogen) atoms. The number of aromatic hydroxyl groups is 1. The minimum atomic E-state index is 0.377. The molecular weight excluding hydrogens is 306 g/mol. The molecule has 0 fully saturated rings. The number of nitrogens with zero attached hydrogens (tertiary/aromatic N) is 2. The van der Waals surface area contributed by atoms with E-state index in [0.717, 1.165) is 57.0 Å². The number of phenolic OH excluding ortho intramolecular Hbond substituents is 1. The summed E-state index contributed by atoms with van der Waals surface area (Å²) in [6.45, 7) is 6.96. The number of pyridine rings is 1. The fourth-order valence-electron chi connectivity index (χ4n) is 2.72. The Bertz CT molecular complexity index is 827. The molecule has 0 bridgehead atoms. The number of phenols is 1. The summed E-state index contributed by atoms with van der Waals surface area (Å²) < 4.78 is 1.06. The molecule has 0 saturated heterocycles. The smallest absolute Gasteiger partial charge is 0.183 e. The fourth-order valence-corrected chi connectivity index (χ4v) is 3.74. The maximum absolute atomic E-state index is 10.5. The molecule has 2 heterocycles. The SMILES string of the molecule is CCCNc1nc2c(Cc3cccnc3)c(C)c(O)c(C)c2s1. The quantitative estimate of drug-likeness (QED) is 0.728. The largest absolute Gasteiger partial charge is 0.507 e. The summed E-state index contributed by atoms with van der Waals surface area (Å²) in [5.74, 6) is 0.377. The van der Waals surface area contributed by atoms with Crippen molar-refractivity contribution in [3.8, 4) is 5.75 Å². The summed E-state index contributed by atoms with van der Waals surface area (Å²) in [6, 6.07) is 3.99. The van der Waals surface area contributed by atoms with Crippen LogP contribution in [0.4, 0.5) is 5.13 Å². The highest BCUT2D eigenvalue weighted by molar-refractivity contribution is 7.22. The van der Waals surface area contributed by atoms with E-state index in [2.05, 4.69) is 23.3 Å². The monoisotopic (exact) mass is 327 g/mol. The van der Waals surface area contributed by atoms with Gasteiger partial charge in [-0.15, -0.1) is 0 Å². The van der Waals surface area contributed by atoms with Crippen molar-refractivity contribution in [1.29, 1.82) is 0 Å². The second-order valence-electron chi connectivity index (χ2n) is 5.74. The van der Waals surface area contributed by atoms with E-state index in [4.69, 9.17) is 4.98 Å². The summed E-state index contributed by atoms with van der Waals surface area (Å²) in [6.07, 6.45) is 5.42. The fraction of sp³-hybridized carbons (Fsp3) is 0.333. The molecule has 4 nitrogen and oxygen atoms in total. The number of hydrogen-bond acceptors (Lipinski definition) is 5. The van der Waals surface area contributed by atoms with Crippen LogP contribution < -0.4 is 5.32 Å². The van der Waals surface area contributed by atoms with Crippen LogP contribution in [0.1, 0.15) is 35.6 Å². The van der Waals surface area contributed by atoms with Gasteiger partial charge in [-0.05, 0) is 43.0 Å². The molecule has 120 valence electrons. The lowest BCUT2D eigenvalue weighted by molar-refractivity contribution is 0.467. The summed E-state index contributed by atoms with van der Waals surface area (Å²) in [5, 5.41) is 14.8. The van der Waals surface area contributed by atoms with Crippen molar-refractivity contribution in [1.82, 2.24) is 9.97 Å². The minimum absolute atomic E-state index is 0.377. The van der Waals surface area contributed by atoms with Crippen LogP contribution in [0.5, 0.6) is 5.75 Å². The number of thiazole rings is 1. The van der Waals surface area contributed by atoms with E-state index in [1.807, 2.05) is 26.1 Å². The average molecular weight is 327 g/mol. The second kappa shape index (κ2) is 6.54. The molecule has 0 atom stereocenters. The molecular formula is C18H21N3OS. The molecule has 0 saturated carbocycles. The maximum atomic E-state index is 10.5. The van der Waals surface area contributed by atoms with Gasteiger partial charge in [-0.3, -0.25) is 4.98 Å².